The van der Waals surface area contributed by atoms with Crippen LogP contribution in [0.15, 0.2) is 30.3 Å². The zero-order valence-corrected chi connectivity index (χ0v) is 8.21. The minimum Gasteiger partial charge on any atom is -0.664 e. The Labute approximate surface area is 84.7 Å². The van der Waals surface area contributed by atoms with Crippen LogP contribution in [0.2, 0.25) is 0 Å². The Bertz CT molecular complexity index is 210. The van der Waals surface area contributed by atoms with Crippen LogP contribution in [-0.4, -0.2) is 5.91 Å². The van der Waals surface area contributed by atoms with E-state index >= 15 is 0 Å². The fourth-order valence-electron chi connectivity index (χ4n) is 0.590. The Morgan fingerprint density at radius 3 is 2.00 bits per heavy atom. The van der Waals surface area contributed by atoms with Crippen molar-refractivity contribution >= 4 is 5.91 Å². The van der Waals surface area contributed by atoms with Gasteiger partial charge in [0, 0.05) is 0 Å². The van der Waals surface area contributed by atoms with E-state index in [0.717, 1.165) is 0 Å². The van der Waals surface area contributed by atoms with Crippen molar-refractivity contribution in [2.75, 3.05) is 0 Å². The molecule has 1 aromatic rings. The summed E-state index contributed by atoms with van der Waals surface area (Å²) in [4.78, 5) is 10.3. The molecule has 1 rings (SSSR count). The van der Waals surface area contributed by atoms with Crippen LogP contribution < -0.4 is 0 Å². The molecule has 0 atom stereocenters. The van der Waals surface area contributed by atoms with Crippen molar-refractivity contribution in [1.29, 1.82) is 0 Å². The summed E-state index contributed by atoms with van der Waals surface area (Å²) in [5.74, 6) is -0.629. The number of carbonyl (C=O) groups excluding carboxylic acids is 1. The van der Waals surface area contributed by atoms with Crippen LogP contribution in [0, 0.1) is 0 Å². The molecule has 0 saturated carbocycles. The third-order valence-electron chi connectivity index (χ3n) is 1.04. The number of rotatable bonds is 1. The standard InChI is InChI=1S/C7H7NO.Y/c8-7(9)6-4-2-1-3-5-6;/h1-5H,(H2,8,9);/q;+3/p-1. The zero-order chi connectivity index (χ0) is 6.69. The van der Waals surface area contributed by atoms with Crippen molar-refractivity contribution in [3.63, 3.8) is 0 Å². The SMILES string of the molecule is [NH-]C(=O)c1ccccc1.[Y+3]. The van der Waals surface area contributed by atoms with E-state index in [1.54, 1.807) is 24.3 Å². The molecule has 0 unspecified atom stereocenters. The van der Waals surface area contributed by atoms with Crippen LogP contribution in [0.25, 0.3) is 5.73 Å². The van der Waals surface area contributed by atoms with Gasteiger partial charge < -0.3 is 10.5 Å². The van der Waals surface area contributed by atoms with E-state index in [1.807, 2.05) is 6.07 Å². The second kappa shape index (κ2) is 4.58. The summed E-state index contributed by atoms with van der Waals surface area (Å²) in [6, 6.07) is 8.53. The van der Waals surface area contributed by atoms with E-state index < -0.39 is 5.91 Å². The number of benzene rings is 1. The molecule has 3 heteroatoms. The molecule has 1 amide bonds. The van der Waals surface area contributed by atoms with E-state index in [4.69, 9.17) is 5.73 Å². The molecule has 0 aliphatic rings. The molecule has 0 radical (unpaired) electrons. The summed E-state index contributed by atoms with van der Waals surface area (Å²) in [5.41, 5.74) is 7.12. The Kier molecular flexibility index (Phi) is 4.49. The van der Waals surface area contributed by atoms with Crippen LogP contribution in [-0.2, 0) is 32.7 Å². The van der Waals surface area contributed by atoms with E-state index in [2.05, 4.69) is 0 Å². The Hall–Kier alpha value is -0.206. The van der Waals surface area contributed by atoms with Crippen LogP contribution in [0.3, 0.4) is 0 Å². The summed E-state index contributed by atoms with van der Waals surface area (Å²) >= 11 is 0. The zero-order valence-electron chi connectivity index (χ0n) is 5.37. The average molecular weight is 209 g/mol. The number of nitrogens with one attached hydrogen (secondary N) is 1. The van der Waals surface area contributed by atoms with Gasteiger partial charge in [-0.25, -0.2) is 0 Å². The molecule has 0 aliphatic heterocycles. The third-order valence-corrected chi connectivity index (χ3v) is 1.04. The van der Waals surface area contributed by atoms with Crippen molar-refractivity contribution in [2.24, 2.45) is 0 Å². The van der Waals surface area contributed by atoms with Gasteiger partial charge in [0.15, 0.2) is 0 Å². The maximum absolute atomic E-state index is 10.3. The molecule has 0 aliphatic carbocycles. The van der Waals surface area contributed by atoms with Gasteiger partial charge in [-0.15, -0.1) is 0 Å². The van der Waals surface area contributed by atoms with E-state index in [0.29, 0.717) is 5.56 Å². The summed E-state index contributed by atoms with van der Waals surface area (Å²) in [7, 11) is 0. The second-order valence-electron chi connectivity index (χ2n) is 1.70. The quantitative estimate of drug-likeness (QED) is 0.695. The van der Waals surface area contributed by atoms with Crippen LogP contribution in [0.4, 0.5) is 0 Å². The summed E-state index contributed by atoms with van der Waals surface area (Å²) in [6.07, 6.45) is 0. The topological polar surface area (TPSA) is 40.9 Å². The predicted molar refractivity (Wildman–Crippen MR) is 35.1 cm³/mol. The van der Waals surface area contributed by atoms with Crippen LogP contribution in [0.5, 0.6) is 0 Å². The maximum atomic E-state index is 10.3. The monoisotopic (exact) mass is 209 g/mol. The van der Waals surface area contributed by atoms with E-state index in [9.17, 15) is 4.79 Å². The molecular weight excluding hydrogens is 203 g/mol. The molecule has 1 N–H and O–H groups in total. The smallest absolute Gasteiger partial charge is 0.664 e. The first kappa shape index (κ1) is 9.79. The molecule has 1 aromatic carbocycles. The molecule has 10 heavy (non-hydrogen) atoms. The minimum atomic E-state index is -0.629. The van der Waals surface area contributed by atoms with Gasteiger partial charge in [-0.05, 0) is 5.56 Å². The summed E-state index contributed by atoms with van der Waals surface area (Å²) < 4.78 is 0. The average Bonchev–Trinajstić information content (AvgIpc) is 1.90. The van der Waals surface area contributed by atoms with Crippen LogP contribution >= 0.6 is 0 Å². The first-order valence-corrected chi connectivity index (χ1v) is 2.61. The first-order chi connectivity index (χ1) is 4.30. The summed E-state index contributed by atoms with van der Waals surface area (Å²) in [6.45, 7) is 0. The fourth-order valence-corrected chi connectivity index (χ4v) is 0.590. The molecule has 0 aromatic heterocycles. The molecule has 0 saturated heterocycles. The van der Waals surface area contributed by atoms with Gasteiger partial charge in [0.1, 0.15) is 0 Å². The van der Waals surface area contributed by atoms with Crippen molar-refractivity contribution < 1.29 is 37.5 Å². The predicted octanol–water partition coefficient (Wildman–Crippen LogP) is 1.88. The van der Waals surface area contributed by atoms with E-state index in [-0.39, 0.29) is 32.7 Å². The Morgan fingerprint density at radius 2 is 1.70 bits per heavy atom. The number of amides is 1. The number of hydrogen-bond donors (Lipinski definition) is 0. The molecule has 2 nitrogen and oxygen atoms in total. The molecule has 0 heterocycles. The van der Waals surface area contributed by atoms with Gasteiger partial charge in [0.25, 0.3) is 0 Å². The molecule has 0 bridgehead atoms. The third kappa shape index (κ3) is 2.59. The Balaban J connectivity index is 0.000000810. The Morgan fingerprint density at radius 1 is 1.20 bits per heavy atom. The van der Waals surface area contributed by atoms with Crippen molar-refractivity contribution in [2.45, 2.75) is 0 Å². The number of carbonyl (C=O) groups is 1. The number of hydrogen-bond acceptors (Lipinski definition) is 1. The van der Waals surface area contributed by atoms with Gasteiger partial charge in [-0.2, -0.15) is 0 Å². The summed E-state index contributed by atoms with van der Waals surface area (Å²) in [5, 5.41) is 0. The second-order valence-corrected chi connectivity index (χ2v) is 1.70. The maximum Gasteiger partial charge on any atom is 3.00 e. The van der Waals surface area contributed by atoms with Gasteiger partial charge >= 0.3 is 32.7 Å². The van der Waals surface area contributed by atoms with Gasteiger partial charge in [0.2, 0.25) is 0 Å². The van der Waals surface area contributed by atoms with Crippen LogP contribution in [0.1, 0.15) is 10.4 Å². The molecular formula is C7H6NOY+2. The van der Waals surface area contributed by atoms with E-state index in [1.165, 1.54) is 0 Å². The normalized spacial score (nSPS) is 8.00. The molecule has 0 fully saturated rings. The van der Waals surface area contributed by atoms with Crippen molar-refractivity contribution in [1.82, 2.24) is 0 Å². The van der Waals surface area contributed by atoms with Gasteiger partial charge in [-0.1, -0.05) is 30.3 Å². The fraction of sp³-hybridized carbons (Fsp3) is 0. The largest absolute Gasteiger partial charge is 3.00 e. The first-order valence-electron chi connectivity index (χ1n) is 2.61. The van der Waals surface area contributed by atoms with Gasteiger partial charge in [0.05, 0.1) is 5.91 Å². The molecule has 46 valence electrons. The molecule has 0 spiro atoms. The van der Waals surface area contributed by atoms with Crippen molar-refractivity contribution in [3.8, 4) is 0 Å². The van der Waals surface area contributed by atoms with Gasteiger partial charge in [-0.3, -0.25) is 0 Å². The van der Waals surface area contributed by atoms with Crippen molar-refractivity contribution in [3.05, 3.63) is 41.6 Å². The minimum absolute atomic E-state index is 0.